The summed E-state index contributed by atoms with van der Waals surface area (Å²) in [5.41, 5.74) is 2.18. The van der Waals surface area contributed by atoms with Crippen LogP contribution in [0.5, 0.6) is 0 Å². The molecule has 1 aromatic heterocycles. The van der Waals surface area contributed by atoms with Gasteiger partial charge in [-0.3, -0.25) is 4.79 Å². The van der Waals surface area contributed by atoms with Gasteiger partial charge in [0.2, 0.25) is 0 Å². The summed E-state index contributed by atoms with van der Waals surface area (Å²) in [6.45, 7) is 2.29. The van der Waals surface area contributed by atoms with Crippen molar-refractivity contribution in [1.29, 1.82) is 0 Å². The van der Waals surface area contributed by atoms with E-state index >= 15 is 0 Å². The predicted octanol–water partition coefficient (Wildman–Crippen LogP) is 4.18. The molecule has 0 aliphatic heterocycles. The Balaban J connectivity index is 2.17. The van der Waals surface area contributed by atoms with Crippen molar-refractivity contribution in [2.24, 2.45) is 4.99 Å². The Hall–Kier alpha value is -2.42. The van der Waals surface area contributed by atoms with Gasteiger partial charge in [0.15, 0.2) is 4.80 Å². The van der Waals surface area contributed by atoms with E-state index in [9.17, 15) is 9.18 Å². The summed E-state index contributed by atoms with van der Waals surface area (Å²) in [5.74, 6) is 1.54. The minimum atomic E-state index is -0.533. The number of carbonyl (C=O) groups is 1. The highest BCUT2D eigenvalue weighted by Gasteiger charge is 2.12. The van der Waals surface area contributed by atoms with Crippen LogP contribution in [0.1, 0.15) is 15.9 Å². The van der Waals surface area contributed by atoms with Crippen LogP contribution in [0.25, 0.3) is 10.2 Å². The lowest BCUT2D eigenvalue weighted by atomic mass is 10.2. The number of aromatic nitrogens is 1. The molecule has 0 aliphatic rings. The lowest BCUT2D eigenvalue weighted by Crippen LogP contribution is -2.16. The molecule has 120 valence electrons. The molecule has 0 radical (unpaired) electrons. The number of terminal acetylenes is 1. The molecule has 0 saturated heterocycles. The van der Waals surface area contributed by atoms with E-state index in [2.05, 4.69) is 10.9 Å². The first-order chi connectivity index (χ1) is 11.5. The Kier molecular flexibility index (Phi) is 4.52. The van der Waals surface area contributed by atoms with E-state index in [4.69, 9.17) is 18.0 Å². The number of hydrogen-bond acceptors (Lipinski definition) is 2. The van der Waals surface area contributed by atoms with E-state index in [0.717, 1.165) is 21.8 Å². The van der Waals surface area contributed by atoms with Crippen LogP contribution in [0, 0.1) is 25.1 Å². The topological polar surface area (TPSA) is 34.4 Å². The second-order valence-corrected chi connectivity index (χ2v) is 6.60. The van der Waals surface area contributed by atoms with Gasteiger partial charge in [-0.15, -0.1) is 6.42 Å². The number of aryl methyl sites for hydroxylation is 1. The molecule has 0 saturated carbocycles. The number of amides is 1. The summed E-state index contributed by atoms with van der Waals surface area (Å²) in [6, 6.07) is 9.54. The van der Waals surface area contributed by atoms with E-state index in [1.807, 2.05) is 25.1 Å². The van der Waals surface area contributed by atoms with Crippen molar-refractivity contribution in [1.82, 2.24) is 4.57 Å². The third-order valence-corrected chi connectivity index (χ3v) is 4.80. The zero-order chi connectivity index (χ0) is 17.3. The van der Waals surface area contributed by atoms with Crippen LogP contribution in [0.3, 0.4) is 0 Å². The molecule has 1 amide bonds. The monoisotopic (exact) mass is 358 g/mol. The lowest BCUT2D eigenvalue weighted by Gasteiger charge is -2.01. The Bertz CT molecular complexity index is 1060. The number of thiazole rings is 1. The number of fused-ring (bicyclic) bond motifs is 1. The van der Waals surface area contributed by atoms with Crippen molar-refractivity contribution in [3.63, 3.8) is 0 Å². The fourth-order valence-electron chi connectivity index (χ4n) is 2.32. The summed E-state index contributed by atoms with van der Waals surface area (Å²) in [4.78, 5) is 17.0. The molecule has 2 aromatic carbocycles. The van der Waals surface area contributed by atoms with Crippen LogP contribution in [-0.4, -0.2) is 10.5 Å². The number of benzene rings is 2. The van der Waals surface area contributed by atoms with Gasteiger partial charge < -0.3 is 4.57 Å². The molecule has 3 aromatic rings. The summed E-state index contributed by atoms with van der Waals surface area (Å²) in [5, 5.41) is 0.0317. The van der Waals surface area contributed by atoms with Crippen molar-refractivity contribution in [2.45, 2.75) is 13.5 Å². The third-order valence-electron chi connectivity index (χ3n) is 3.45. The Morgan fingerprint density at radius 1 is 1.38 bits per heavy atom. The number of halogens is 2. The summed E-state index contributed by atoms with van der Waals surface area (Å²) in [6.07, 6.45) is 5.44. The van der Waals surface area contributed by atoms with Crippen LogP contribution in [0.2, 0.25) is 5.02 Å². The van der Waals surface area contributed by atoms with E-state index < -0.39 is 11.7 Å². The normalized spacial score (nSPS) is 11.7. The average Bonchev–Trinajstić information content (AvgIpc) is 2.84. The number of nitrogens with zero attached hydrogens (tertiary/aromatic N) is 2. The summed E-state index contributed by atoms with van der Waals surface area (Å²) < 4.78 is 15.9. The van der Waals surface area contributed by atoms with Crippen LogP contribution in [0.15, 0.2) is 41.4 Å². The molecule has 0 N–H and O–H groups in total. The Morgan fingerprint density at radius 3 is 2.88 bits per heavy atom. The van der Waals surface area contributed by atoms with Crippen LogP contribution >= 0.6 is 22.9 Å². The van der Waals surface area contributed by atoms with Crippen molar-refractivity contribution >= 4 is 39.1 Å². The minimum absolute atomic E-state index is 0.0317. The molecule has 1 heterocycles. The summed E-state index contributed by atoms with van der Waals surface area (Å²) in [7, 11) is 0. The van der Waals surface area contributed by atoms with E-state index in [1.165, 1.54) is 23.5 Å². The molecule has 0 atom stereocenters. The maximum absolute atomic E-state index is 13.1. The van der Waals surface area contributed by atoms with Gasteiger partial charge in [-0.2, -0.15) is 4.99 Å². The molecule has 0 bridgehead atoms. The van der Waals surface area contributed by atoms with E-state index in [1.54, 1.807) is 4.57 Å². The molecule has 0 fully saturated rings. The predicted molar refractivity (Wildman–Crippen MR) is 94.7 cm³/mol. The van der Waals surface area contributed by atoms with Crippen molar-refractivity contribution in [3.05, 3.63) is 63.2 Å². The van der Waals surface area contributed by atoms with Crippen molar-refractivity contribution < 1.29 is 9.18 Å². The van der Waals surface area contributed by atoms with Gasteiger partial charge in [-0.05, 0) is 42.8 Å². The minimum Gasteiger partial charge on any atom is -0.305 e. The second kappa shape index (κ2) is 6.60. The SMILES string of the molecule is C#CCn1c(=NC(=O)c2ccc(F)cc2Cl)sc2cc(C)ccc21. The molecule has 3 rings (SSSR count). The highest BCUT2D eigenvalue weighted by Crippen LogP contribution is 2.20. The zero-order valence-electron chi connectivity index (χ0n) is 12.7. The van der Waals surface area contributed by atoms with Gasteiger partial charge in [0.1, 0.15) is 5.82 Å². The maximum atomic E-state index is 13.1. The molecule has 24 heavy (non-hydrogen) atoms. The molecular weight excluding hydrogens is 347 g/mol. The van der Waals surface area contributed by atoms with Crippen molar-refractivity contribution in [2.75, 3.05) is 0 Å². The maximum Gasteiger partial charge on any atom is 0.281 e. The van der Waals surface area contributed by atoms with E-state index in [0.29, 0.717) is 11.3 Å². The average molecular weight is 359 g/mol. The van der Waals surface area contributed by atoms with Crippen LogP contribution in [0.4, 0.5) is 4.39 Å². The molecule has 0 aliphatic carbocycles. The molecule has 3 nitrogen and oxygen atoms in total. The molecule has 0 unspecified atom stereocenters. The number of rotatable bonds is 2. The largest absolute Gasteiger partial charge is 0.305 e. The lowest BCUT2D eigenvalue weighted by molar-refractivity contribution is 0.0998. The van der Waals surface area contributed by atoms with Gasteiger partial charge in [-0.1, -0.05) is 34.9 Å². The smallest absolute Gasteiger partial charge is 0.281 e. The summed E-state index contributed by atoms with van der Waals surface area (Å²) >= 11 is 7.31. The zero-order valence-corrected chi connectivity index (χ0v) is 14.3. The van der Waals surface area contributed by atoms with Crippen LogP contribution < -0.4 is 4.80 Å². The van der Waals surface area contributed by atoms with Crippen LogP contribution in [-0.2, 0) is 6.54 Å². The number of hydrogen-bond donors (Lipinski definition) is 0. The Morgan fingerprint density at radius 2 is 2.17 bits per heavy atom. The molecular formula is C18H12ClFN2OS. The quantitative estimate of drug-likeness (QED) is 0.633. The van der Waals surface area contributed by atoms with Gasteiger partial charge in [-0.25, -0.2) is 4.39 Å². The third kappa shape index (κ3) is 3.12. The highest BCUT2D eigenvalue weighted by atomic mass is 35.5. The van der Waals surface area contributed by atoms with Crippen molar-refractivity contribution in [3.8, 4) is 12.3 Å². The first-order valence-corrected chi connectivity index (χ1v) is 8.26. The molecule has 0 spiro atoms. The van der Waals surface area contributed by atoms with Gasteiger partial charge in [0, 0.05) is 0 Å². The molecule has 6 heteroatoms. The number of carbonyl (C=O) groups excluding carboxylic acids is 1. The standard InChI is InChI=1S/C18H12ClFN2OS/c1-3-8-22-15-7-4-11(2)9-16(15)24-18(22)21-17(23)13-6-5-12(20)10-14(13)19/h1,4-7,9-10H,8H2,2H3. The first-order valence-electron chi connectivity index (χ1n) is 7.07. The van der Waals surface area contributed by atoms with Gasteiger partial charge in [0.25, 0.3) is 5.91 Å². The van der Waals surface area contributed by atoms with Gasteiger partial charge in [0.05, 0.1) is 27.3 Å². The van der Waals surface area contributed by atoms with E-state index in [-0.39, 0.29) is 10.6 Å². The fraction of sp³-hybridized carbons (Fsp3) is 0.111. The first kappa shape index (κ1) is 16.4. The second-order valence-electron chi connectivity index (χ2n) is 5.19. The Labute approximate surface area is 147 Å². The van der Waals surface area contributed by atoms with Gasteiger partial charge >= 0.3 is 0 Å². The fourth-order valence-corrected chi connectivity index (χ4v) is 3.69. The highest BCUT2D eigenvalue weighted by molar-refractivity contribution is 7.16.